The molecule has 0 bridgehead atoms. The van der Waals surface area contributed by atoms with Gasteiger partial charge in [0.05, 0.1) is 7.11 Å². The summed E-state index contributed by atoms with van der Waals surface area (Å²) in [5, 5.41) is 1.23. The highest BCUT2D eigenvalue weighted by molar-refractivity contribution is 6.18. The van der Waals surface area contributed by atoms with Crippen molar-refractivity contribution in [2.45, 2.75) is 6.42 Å². The summed E-state index contributed by atoms with van der Waals surface area (Å²) in [6, 6.07) is 6.02. The molecule has 0 radical (unpaired) electrons. The number of halogens is 1. The van der Waals surface area contributed by atoms with Gasteiger partial charge in [0.2, 0.25) is 0 Å². The molecule has 0 aliphatic carbocycles. The Morgan fingerprint density at radius 2 is 2.29 bits per heavy atom. The maximum Gasteiger partial charge on any atom is 0.120 e. The molecule has 0 amide bonds. The molecule has 0 saturated heterocycles. The lowest BCUT2D eigenvalue weighted by atomic mass is 10.1. The zero-order valence-corrected chi connectivity index (χ0v) is 8.77. The molecule has 3 heteroatoms. The van der Waals surface area contributed by atoms with Crippen molar-refractivity contribution < 1.29 is 4.74 Å². The largest absolute Gasteiger partial charge is 0.497 e. The van der Waals surface area contributed by atoms with Gasteiger partial charge in [0, 0.05) is 29.0 Å². The third-order valence-electron chi connectivity index (χ3n) is 2.34. The molecule has 2 rings (SSSR count). The Morgan fingerprint density at radius 3 is 3.00 bits per heavy atom. The van der Waals surface area contributed by atoms with Gasteiger partial charge in [0.1, 0.15) is 5.75 Å². The van der Waals surface area contributed by atoms with Gasteiger partial charge in [-0.25, -0.2) is 0 Å². The summed E-state index contributed by atoms with van der Waals surface area (Å²) in [5.74, 6) is 1.52. The first-order valence-corrected chi connectivity index (χ1v) is 5.08. The standard InChI is InChI=1S/C11H12ClNO/c1-14-9-2-3-10-8(4-5-12)7-13-11(10)6-9/h2-3,6-7,13H,4-5H2,1H3. The molecule has 0 saturated carbocycles. The number of aromatic amines is 1. The van der Waals surface area contributed by atoms with E-state index < -0.39 is 0 Å². The maximum atomic E-state index is 5.71. The van der Waals surface area contributed by atoms with Crippen LogP contribution in [0.2, 0.25) is 0 Å². The number of H-pyrrole nitrogens is 1. The summed E-state index contributed by atoms with van der Waals surface area (Å²) >= 11 is 5.71. The second-order valence-electron chi connectivity index (χ2n) is 3.16. The van der Waals surface area contributed by atoms with Gasteiger partial charge in [-0.15, -0.1) is 11.6 Å². The van der Waals surface area contributed by atoms with Gasteiger partial charge in [0.25, 0.3) is 0 Å². The van der Waals surface area contributed by atoms with Crippen molar-refractivity contribution in [1.82, 2.24) is 4.98 Å². The van der Waals surface area contributed by atoms with Crippen molar-refractivity contribution in [2.24, 2.45) is 0 Å². The van der Waals surface area contributed by atoms with Crippen molar-refractivity contribution in [3.63, 3.8) is 0 Å². The average Bonchev–Trinajstić information content (AvgIpc) is 2.61. The first kappa shape index (κ1) is 9.41. The van der Waals surface area contributed by atoms with Gasteiger partial charge in [-0.05, 0) is 24.1 Å². The maximum absolute atomic E-state index is 5.71. The number of hydrogen-bond acceptors (Lipinski definition) is 1. The number of benzene rings is 1. The van der Waals surface area contributed by atoms with Crippen molar-refractivity contribution in [3.8, 4) is 5.75 Å². The highest BCUT2D eigenvalue weighted by Gasteiger charge is 2.03. The van der Waals surface area contributed by atoms with Crippen LogP contribution in [-0.2, 0) is 6.42 Å². The first-order chi connectivity index (χ1) is 6.85. The average molecular weight is 210 g/mol. The van der Waals surface area contributed by atoms with Crippen LogP contribution >= 0.6 is 11.6 Å². The molecular weight excluding hydrogens is 198 g/mol. The van der Waals surface area contributed by atoms with Crippen molar-refractivity contribution in [3.05, 3.63) is 30.0 Å². The number of rotatable bonds is 3. The molecule has 0 aliphatic rings. The molecule has 0 fully saturated rings. The lowest BCUT2D eigenvalue weighted by Gasteiger charge is -1.99. The van der Waals surface area contributed by atoms with Gasteiger partial charge in [-0.2, -0.15) is 0 Å². The number of hydrogen-bond donors (Lipinski definition) is 1. The predicted octanol–water partition coefficient (Wildman–Crippen LogP) is 2.96. The molecule has 74 valence electrons. The van der Waals surface area contributed by atoms with E-state index in [1.54, 1.807) is 7.11 Å². The van der Waals surface area contributed by atoms with E-state index in [1.807, 2.05) is 18.3 Å². The molecule has 1 N–H and O–H groups in total. The predicted molar refractivity (Wildman–Crippen MR) is 59.3 cm³/mol. The van der Waals surface area contributed by atoms with Gasteiger partial charge in [-0.3, -0.25) is 0 Å². The third-order valence-corrected chi connectivity index (χ3v) is 2.53. The van der Waals surface area contributed by atoms with Crippen molar-refractivity contribution >= 4 is 22.5 Å². The molecule has 1 aromatic heterocycles. The zero-order chi connectivity index (χ0) is 9.97. The fourth-order valence-electron chi connectivity index (χ4n) is 1.60. The lowest BCUT2D eigenvalue weighted by Crippen LogP contribution is -1.84. The Labute approximate surface area is 87.8 Å². The minimum absolute atomic E-state index is 0.652. The second-order valence-corrected chi connectivity index (χ2v) is 3.54. The van der Waals surface area contributed by atoms with E-state index in [4.69, 9.17) is 16.3 Å². The van der Waals surface area contributed by atoms with Crippen LogP contribution < -0.4 is 4.74 Å². The van der Waals surface area contributed by atoms with Crippen LogP contribution in [0.4, 0.5) is 0 Å². The van der Waals surface area contributed by atoms with Gasteiger partial charge < -0.3 is 9.72 Å². The Hall–Kier alpha value is -1.15. The molecule has 2 nitrogen and oxygen atoms in total. The topological polar surface area (TPSA) is 25.0 Å². The van der Waals surface area contributed by atoms with Crippen LogP contribution in [0.3, 0.4) is 0 Å². The SMILES string of the molecule is COc1ccc2c(CCCl)c[nH]c2c1. The minimum Gasteiger partial charge on any atom is -0.497 e. The van der Waals surface area contributed by atoms with Crippen LogP contribution in [0, 0.1) is 0 Å². The fraction of sp³-hybridized carbons (Fsp3) is 0.273. The molecule has 1 heterocycles. The summed E-state index contributed by atoms with van der Waals surface area (Å²) in [4.78, 5) is 3.21. The normalized spacial score (nSPS) is 10.7. The van der Waals surface area contributed by atoms with E-state index >= 15 is 0 Å². The monoisotopic (exact) mass is 209 g/mol. The summed E-state index contributed by atoms with van der Waals surface area (Å²) in [6.45, 7) is 0. The Bertz CT molecular complexity index is 436. The highest BCUT2D eigenvalue weighted by atomic mass is 35.5. The number of fused-ring (bicyclic) bond motifs is 1. The second kappa shape index (κ2) is 3.93. The van der Waals surface area contributed by atoms with E-state index in [2.05, 4.69) is 11.1 Å². The number of ether oxygens (including phenoxy) is 1. The smallest absolute Gasteiger partial charge is 0.120 e. The molecule has 0 aliphatic heterocycles. The Morgan fingerprint density at radius 1 is 1.43 bits per heavy atom. The molecule has 0 unspecified atom stereocenters. The van der Waals surface area contributed by atoms with E-state index in [0.29, 0.717) is 5.88 Å². The minimum atomic E-state index is 0.652. The zero-order valence-electron chi connectivity index (χ0n) is 8.01. The van der Waals surface area contributed by atoms with E-state index in [-0.39, 0.29) is 0 Å². The lowest BCUT2D eigenvalue weighted by molar-refractivity contribution is 0.415. The number of aryl methyl sites for hydroxylation is 1. The van der Waals surface area contributed by atoms with Crippen LogP contribution in [0.15, 0.2) is 24.4 Å². The van der Waals surface area contributed by atoms with E-state index in [9.17, 15) is 0 Å². The molecule has 0 spiro atoms. The quantitative estimate of drug-likeness (QED) is 0.773. The van der Waals surface area contributed by atoms with Crippen LogP contribution in [-0.4, -0.2) is 18.0 Å². The Kier molecular flexibility index (Phi) is 2.64. The van der Waals surface area contributed by atoms with Crippen LogP contribution in [0.5, 0.6) is 5.75 Å². The summed E-state index contributed by atoms with van der Waals surface area (Å²) in [7, 11) is 1.67. The van der Waals surface area contributed by atoms with Crippen LogP contribution in [0.25, 0.3) is 10.9 Å². The van der Waals surface area contributed by atoms with Crippen molar-refractivity contribution in [1.29, 1.82) is 0 Å². The third kappa shape index (κ3) is 1.58. The Balaban J connectivity index is 2.48. The van der Waals surface area contributed by atoms with Gasteiger partial charge in [-0.1, -0.05) is 0 Å². The molecule has 0 atom stereocenters. The van der Waals surface area contributed by atoms with Crippen molar-refractivity contribution in [2.75, 3.05) is 13.0 Å². The summed E-state index contributed by atoms with van der Waals surface area (Å²) < 4.78 is 5.15. The number of aromatic nitrogens is 1. The van der Waals surface area contributed by atoms with Crippen LogP contribution in [0.1, 0.15) is 5.56 Å². The number of methoxy groups -OCH3 is 1. The number of alkyl halides is 1. The molecule has 2 aromatic rings. The van der Waals surface area contributed by atoms with E-state index in [1.165, 1.54) is 10.9 Å². The molecular formula is C11H12ClNO. The summed E-state index contributed by atoms with van der Waals surface area (Å²) in [5.41, 5.74) is 2.36. The van der Waals surface area contributed by atoms with Gasteiger partial charge in [0.15, 0.2) is 0 Å². The molecule has 14 heavy (non-hydrogen) atoms. The number of nitrogens with one attached hydrogen (secondary N) is 1. The fourth-order valence-corrected chi connectivity index (χ4v) is 1.80. The highest BCUT2D eigenvalue weighted by Crippen LogP contribution is 2.23. The molecule has 1 aromatic carbocycles. The van der Waals surface area contributed by atoms with Gasteiger partial charge >= 0.3 is 0 Å². The summed E-state index contributed by atoms with van der Waals surface area (Å²) in [6.07, 6.45) is 2.90. The first-order valence-electron chi connectivity index (χ1n) is 4.55. The van der Waals surface area contributed by atoms with E-state index in [0.717, 1.165) is 17.7 Å².